The minimum atomic E-state index is 0.627. The van der Waals surface area contributed by atoms with Gasteiger partial charge in [-0.1, -0.05) is 24.3 Å². The van der Waals surface area contributed by atoms with Crippen molar-refractivity contribution in [1.29, 1.82) is 0 Å². The molecule has 0 bridgehead atoms. The average Bonchev–Trinajstić information content (AvgIpc) is 3.22. The van der Waals surface area contributed by atoms with Crippen LogP contribution in [0.5, 0.6) is 0 Å². The highest BCUT2D eigenvalue weighted by Crippen LogP contribution is 2.18. The summed E-state index contributed by atoms with van der Waals surface area (Å²) in [5.41, 5.74) is 2.41. The Morgan fingerprint density at radius 1 is 1.26 bits per heavy atom. The van der Waals surface area contributed by atoms with E-state index in [1.54, 1.807) is 7.11 Å². The molecule has 0 atom stereocenters. The summed E-state index contributed by atoms with van der Waals surface area (Å²) in [6.07, 6.45) is 2.52. The maximum absolute atomic E-state index is 5.10. The summed E-state index contributed by atoms with van der Waals surface area (Å²) in [5.74, 6) is 0.922. The van der Waals surface area contributed by atoms with Gasteiger partial charge in [0, 0.05) is 19.7 Å². The SMILES string of the molecule is CCNC(=NCc1ccc(COC)cc1)NC1CC1. The number of nitrogens with one attached hydrogen (secondary N) is 2. The maximum Gasteiger partial charge on any atom is 0.191 e. The first-order valence-electron chi connectivity index (χ1n) is 6.93. The molecule has 4 nitrogen and oxygen atoms in total. The lowest BCUT2D eigenvalue weighted by Crippen LogP contribution is -2.38. The van der Waals surface area contributed by atoms with Crippen molar-refractivity contribution in [2.24, 2.45) is 4.99 Å². The Bertz CT molecular complexity index is 410. The molecule has 0 heterocycles. The van der Waals surface area contributed by atoms with Gasteiger partial charge in [0.15, 0.2) is 5.96 Å². The van der Waals surface area contributed by atoms with Gasteiger partial charge in [-0.25, -0.2) is 4.99 Å². The summed E-state index contributed by atoms with van der Waals surface area (Å²) in [7, 11) is 1.71. The van der Waals surface area contributed by atoms with Crippen LogP contribution in [0.4, 0.5) is 0 Å². The van der Waals surface area contributed by atoms with Crippen LogP contribution in [0.2, 0.25) is 0 Å². The third-order valence-corrected chi connectivity index (χ3v) is 3.02. The van der Waals surface area contributed by atoms with Gasteiger partial charge in [0.2, 0.25) is 0 Å². The zero-order valence-electron chi connectivity index (χ0n) is 11.8. The van der Waals surface area contributed by atoms with Gasteiger partial charge in [-0.3, -0.25) is 0 Å². The quantitative estimate of drug-likeness (QED) is 0.608. The fourth-order valence-corrected chi connectivity index (χ4v) is 1.82. The molecule has 1 aliphatic carbocycles. The molecule has 0 spiro atoms. The van der Waals surface area contributed by atoms with E-state index in [1.807, 2.05) is 0 Å². The largest absolute Gasteiger partial charge is 0.380 e. The van der Waals surface area contributed by atoms with Crippen LogP contribution in [0.3, 0.4) is 0 Å². The third-order valence-electron chi connectivity index (χ3n) is 3.02. The van der Waals surface area contributed by atoms with E-state index in [2.05, 4.69) is 46.8 Å². The van der Waals surface area contributed by atoms with Crippen LogP contribution in [0.15, 0.2) is 29.3 Å². The van der Waals surface area contributed by atoms with Gasteiger partial charge in [0.1, 0.15) is 0 Å². The van der Waals surface area contributed by atoms with Crippen molar-refractivity contribution in [3.63, 3.8) is 0 Å². The highest BCUT2D eigenvalue weighted by atomic mass is 16.5. The highest BCUT2D eigenvalue weighted by molar-refractivity contribution is 5.80. The molecular formula is C15H23N3O. The molecule has 0 aliphatic heterocycles. The predicted molar refractivity (Wildman–Crippen MR) is 78.1 cm³/mol. The van der Waals surface area contributed by atoms with Crippen molar-refractivity contribution in [1.82, 2.24) is 10.6 Å². The summed E-state index contributed by atoms with van der Waals surface area (Å²) in [6, 6.07) is 9.03. The second-order valence-electron chi connectivity index (χ2n) is 4.86. The monoisotopic (exact) mass is 261 g/mol. The van der Waals surface area contributed by atoms with Crippen molar-refractivity contribution in [2.75, 3.05) is 13.7 Å². The Morgan fingerprint density at radius 3 is 2.53 bits per heavy atom. The van der Waals surface area contributed by atoms with E-state index in [0.717, 1.165) is 12.5 Å². The van der Waals surface area contributed by atoms with Crippen LogP contribution in [0, 0.1) is 0 Å². The number of rotatable bonds is 6. The molecule has 1 aliphatic rings. The van der Waals surface area contributed by atoms with E-state index in [9.17, 15) is 0 Å². The van der Waals surface area contributed by atoms with Gasteiger partial charge < -0.3 is 15.4 Å². The average molecular weight is 261 g/mol. The molecule has 1 fully saturated rings. The Balaban J connectivity index is 1.89. The highest BCUT2D eigenvalue weighted by Gasteiger charge is 2.21. The predicted octanol–water partition coefficient (Wildman–Crippen LogP) is 2.05. The standard InChI is InChI=1S/C15H23N3O/c1-3-16-15(18-14-8-9-14)17-10-12-4-6-13(7-5-12)11-19-2/h4-7,14H,3,8-11H2,1-2H3,(H2,16,17,18). The van der Waals surface area contributed by atoms with E-state index in [1.165, 1.54) is 24.0 Å². The zero-order chi connectivity index (χ0) is 13.5. The van der Waals surface area contributed by atoms with Crippen molar-refractivity contribution in [3.05, 3.63) is 35.4 Å². The van der Waals surface area contributed by atoms with Crippen molar-refractivity contribution in [2.45, 2.75) is 39.0 Å². The lowest BCUT2D eigenvalue weighted by atomic mass is 10.1. The van der Waals surface area contributed by atoms with Crippen molar-refractivity contribution in [3.8, 4) is 0 Å². The second kappa shape index (κ2) is 7.14. The molecule has 1 aromatic rings. The number of hydrogen-bond acceptors (Lipinski definition) is 2. The summed E-state index contributed by atoms with van der Waals surface area (Å²) >= 11 is 0. The van der Waals surface area contributed by atoms with Crippen LogP contribution < -0.4 is 10.6 Å². The fourth-order valence-electron chi connectivity index (χ4n) is 1.82. The van der Waals surface area contributed by atoms with Crippen LogP contribution in [-0.4, -0.2) is 25.7 Å². The molecule has 0 aromatic heterocycles. The first kappa shape index (κ1) is 13.9. The summed E-state index contributed by atoms with van der Waals surface area (Å²) in [5, 5.41) is 6.69. The molecule has 19 heavy (non-hydrogen) atoms. The number of aliphatic imine (C=N–C) groups is 1. The van der Waals surface area contributed by atoms with E-state index in [-0.39, 0.29) is 0 Å². The minimum Gasteiger partial charge on any atom is -0.380 e. The molecule has 0 unspecified atom stereocenters. The van der Waals surface area contributed by atoms with Crippen LogP contribution >= 0.6 is 0 Å². The molecule has 1 saturated carbocycles. The first-order valence-corrected chi connectivity index (χ1v) is 6.93. The van der Waals surface area contributed by atoms with Gasteiger partial charge in [-0.05, 0) is 30.9 Å². The third kappa shape index (κ3) is 4.91. The normalized spacial score (nSPS) is 15.4. The molecule has 1 aromatic carbocycles. The minimum absolute atomic E-state index is 0.627. The number of benzene rings is 1. The molecule has 0 radical (unpaired) electrons. The number of nitrogens with zero attached hydrogens (tertiary/aromatic N) is 1. The van der Waals surface area contributed by atoms with Crippen molar-refractivity contribution >= 4 is 5.96 Å². The fraction of sp³-hybridized carbons (Fsp3) is 0.533. The smallest absolute Gasteiger partial charge is 0.191 e. The number of ether oxygens (including phenoxy) is 1. The number of hydrogen-bond donors (Lipinski definition) is 2. The lowest BCUT2D eigenvalue weighted by Gasteiger charge is -2.10. The van der Waals surface area contributed by atoms with Gasteiger partial charge >= 0.3 is 0 Å². The topological polar surface area (TPSA) is 45.7 Å². The Kier molecular flexibility index (Phi) is 5.21. The molecule has 4 heteroatoms. The van der Waals surface area contributed by atoms with E-state index in [0.29, 0.717) is 19.2 Å². The molecular weight excluding hydrogens is 238 g/mol. The number of guanidine groups is 1. The maximum atomic E-state index is 5.10. The van der Waals surface area contributed by atoms with Gasteiger partial charge in [0.25, 0.3) is 0 Å². The summed E-state index contributed by atoms with van der Waals surface area (Å²) in [6.45, 7) is 4.35. The summed E-state index contributed by atoms with van der Waals surface area (Å²) < 4.78 is 5.10. The Hall–Kier alpha value is -1.55. The first-order chi connectivity index (χ1) is 9.31. The van der Waals surface area contributed by atoms with Gasteiger partial charge in [-0.2, -0.15) is 0 Å². The molecule has 2 rings (SSSR count). The molecule has 0 amide bonds. The molecule has 2 N–H and O–H groups in total. The zero-order valence-corrected chi connectivity index (χ0v) is 11.8. The van der Waals surface area contributed by atoms with E-state index in [4.69, 9.17) is 4.74 Å². The Labute approximate surface area is 115 Å². The van der Waals surface area contributed by atoms with E-state index >= 15 is 0 Å². The van der Waals surface area contributed by atoms with Crippen LogP contribution in [0.1, 0.15) is 30.9 Å². The second-order valence-corrected chi connectivity index (χ2v) is 4.86. The molecule has 104 valence electrons. The van der Waals surface area contributed by atoms with Crippen molar-refractivity contribution < 1.29 is 4.74 Å². The van der Waals surface area contributed by atoms with Crippen LogP contribution in [-0.2, 0) is 17.9 Å². The van der Waals surface area contributed by atoms with Gasteiger partial charge in [0.05, 0.1) is 13.2 Å². The Morgan fingerprint density at radius 2 is 1.95 bits per heavy atom. The van der Waals surface area contributed by atoms with Crippen LogP contribution in [0.25, 0.3) is 0 Å². The summed E-state index contributed by atoms with van der Waals surface area (Å²) in [4.78, 5) is 4.60. The molecule has 0 saturated heterocycles. The number of methoxy groups -OCH3 is 1. The van der Waals surface area contributed by atoms with E-state index < -0.39 is 0 Å². The van der Waals surface area contributed by atoms with Gasteiger partial charge in [-0.15, -0.1) is 0 Å². The lowest BCUT2D eigenvalue weighted by molar-refractivity contribution is 0.185.